The molecule has 3 heterocycles. The Labute approximate surface area is 114 Å². The summed E-state index contributed by atoms with van der Waals surface area (Å²) in [6.45, 7) is 1.19. The molecule has 0 radical (unpaired) electrons. The van der Waals surface area contributed by atoms with Crippen LogP contribution in [0.4, 0.5) is 0 Å². The van der Waals surface area contributed by atoms with E-state index < -0.39 is 5.97 Å². The second kappa shape index (κ2) is 4.28. The Kier molecular flexibility index (Phi) is 2.69. The number of allylic oxidation sites excluding steroid dienone is 1. The van der Waals surface area contributed by atoms with E-state index in [-0.39, 0.29) is 29.7 Å². The van der Waals surface area contributed by atoms with Crippen molar-refractivity contribution in [3.05, 3.63) is 17.4 Å². The second-order valence-electron chi connectivity index (χ2n) is 4.73. The highest BCUT2D eigenvalue weighted by atomic mass is 16.5. The Bertz CT molecular complexity index is 634. The molecular formula is C13H12N2O5. The predicted molar refractivity (Wildman–Crippen MR) is 65.2 cm³/mol. The van der Waals surface area contributed by atoms with Gasteiger partial charge in [-0.25, -0.2) is 4.57 Å². The standard InChI is InChI=1S/C13H12N2O5/c1-6(16)19-5-7(4-14)15-12(17)10-8-2-3-9(20-8)11(10)13(15)18/h5,8-9,17-18H,2-3H2,1H3. The van der Waals surface area contributed by atoms with E-state index >= 15 is 0 Å². The molecule has 1 aromatic rings. The Morgan fingerprint density at radius 2 is 1.95 bits per heavy atom. The van der Waals surface area contributed by atoms with Gasteiger partial charge in [0.25, 0.3) is 0 Å². The van der Waals surface area contributed by atoms with Crippen LogP contribution >= 0.6 is 0 Å². The number of hydrogen-bond acceptors (Lipinski definition) is 6. The highest BCUT2D eigenvalue weighted by molar-refractivity contribution is 5.72. The van der Waals surface area contributed by atoms with Crippen LogP contribution in [0.15, 0.2) is 6.26 Å². The van der Waals surface area contributed by atoms with Gasteiger partial charge in [-0.05, 0) is 12.8 Å². The maximum absolute atomic E-state index is 10.8. The zero-order valence-electron chi connectivity index (χ0n) is 10.7. The molecule has 1 aromatic heterocycles. The van der Waals surface area contributed by atoms with Gasteiger partial charge in [0.1, 0.15) is 12.3 Å². The smallest absolute Gasteiger partial charge is 0.307 e. The number of nitriles is 1. The molecule has 0 aliphatic carbocycles. The van der Waals surface area contributed by atoms with Crippen molar-refractivity contribution in [3.8, 4) is 17.8 Å². The third kappa shape index (κ3) is 1.58. The summed E-state index contributed by atoms with van der Waals surface area (Å²) >= 11 is 0. The van der Waals surface area contributed by atoms with E-state index in [0.29, 0.717) is 11.1 Å². The molecule has 7 heteroatoms. The topological polar surface area (TPSA) is 105 Å². The minimum absolute atomic E-state index is 0.177. The van der Waals surface area contributed by atoms with Crippen LogP contribution in [0.25, 0.3) is 5.70 Å². The van der Waals surface area contributed by atoms with E-state index in [4.69, 9.17) is 10.00 Å². The lowest BCUT2D eigenvalue weighted by atomic mass is 9.95. The Morgan fingerprint density at radius 3 is 2.40 bits per heavy atom. The minimum Gasteiger partial charge on any atom is -0.494 e. The fourth-order valence-electron chi connectivity index (χ4n) is 2.77. The summed E-state index contributed by atoms with van der Waals surface area (Å²) in [5.41, 5.74) is 0.856. The third-order valence-corrected chi connectivity index (χ3v) is 3.55. The number of rotatable bonds is 2. The molecule has 104 valence electrons. The molecule has 0 amide bonds. The van der Waals surface area contributed by atoms with E-state index in [1.54, 1.807) is 6.07 Å². The average molecular weight is 276 g/mol. The molecular weight excluding hydrogens is 264 g/mol. The molecule has 0 aromatic carbocycles. The van der Waals surface area contributed by atoms with E-state index in [2.05, 4.69) is 4.74 Å². The van der Waals surface area contributed by atoms with Crippen molar-refractivity contribution in [2.24, 2.45) is 0 Å². The molecule has 2 N–H and O–H groups in total. The number of carbonyl (C=O) groups is 1. The number of fused-ring (bicyclic) bond motifs is 5. The summed E-state index contributed by atoms with van der Waals surface area (Å²) in [7, 11) is 0. The van der Waals surface area contributed by atoms with Crippen molar-refractivity contribution in [3.63, 3.8) is 0 Å². The highest BCUT2D eigenvalue weighted by Gasteiger charge is 2.45. The van der Waals surface area contributed by atoms with Gasteiger partial charge in [-0.15, -0.1) is 0 Å². The number of carbonyl (C=O) groups excluding carboxylic acids is 1. The summed E-state index contributed by atoms with van der Waals surface area (Å²) in [6.07, 6.45) is 1.93. The lowest BCUT2D eigenvalue weighted by Gasteiger charge is -2.08. The quantitative estimate of drug-likeness (QED) is 0.484. The number of nitrogens with zero attached hydrogens (tertiary/aromatic N) is 2. The van der Waals surface area contributed by atoms with Gasteiger partial charge in [-0.1, -0.05) is 0 Å². The van der Waals surface area contributed by atoms with Crippen molar-refractivity contribution in [2.45, 2.75) is 32.0 Å². The maximum Gasteiger partial charge on any atom is 0.307 e. The van der Waals surface area contributed by atoms with E-state index in [1.807, 2.05) is 0 Å². The van der Waals surface area contributed by atoms with Gasteiger partial charge in [0, 0.05) is 6.92 Å². The van der Waals surface area contributed by atoms with Crippen LogP contribution in [-0.2, 0) is 14.3 Å². The highest BCUT2D eigenvalue weighted by Crippen LogP contribution is 2.58. The lowest BCUT2D eigenvalue weighted by Crippen LogP contribution is -1.99. The lowest BCUT2D eigenvalue weighted by molar-refractivity contribution is -0.135. The van der Waals surface area contributed by atoms with Gasteiger partial charge in [-0.3, -0.25) is 4.79 Å². The number of esters is 1. The summed E-state index contributed by atoms with van der Waals surface area (Å²) in [5.74, 6) is -1.09. The van der Waals surface area contributed by atoms with Crippen LogP contribution in [0.5, 0.6) is 11.8 Å². The van der Waals surface area contributed by atoms with Gasteiger partial charge < -0.3 is 19.7 Å². The van der Waals surface area contributed by atoms with Crippen LogP contribution in [-0.4, -0.2) is 20.7 Å². The van der Waals surface area contributed by atoms with Crippen molar-refractivity contribution in [1.82, 2.24) is 4.57 Å². The molecule has 3 rings (SSSR count). The Morgan fingerprint density at radius 1 is 1.40 bits per heavy atom. The molecule has 2 atom stereocenters. The van der Waals surface area contributed by atoms with E-state index in [1.165, 1.54) is 6.92 Å². The zero-order chi connectivity index (χ0) is 14.4. The fourth-order valence-corrected chi connectivity index (χ4v) is 2.77. The summed E-state index contributed by atoms with van der Waals surface area (Å²) in [5, 5.41) is 29.5. The Hall–Kier alpha value is -2.46. The van der Waals surface area contributed by atoms with Crippen LogP contribution in [0, 0.1) is 11.3 Å². The van der Waals surface area contributed by atoms with Crippen LogP contribution in [0.3, 0.4) is 0 Å². The number of ether oxygens (including phenoxy) is 2. The SMILES string of the molecule is CC(=O)OC=C(C#N)n1c(O)c2c(c1O)C1CCC2O1. The largest absolute Gasteiger partial charge is 0.494 e. The summed E-state index contributed by atoms with van der Waals surface area (Å²) in [4.78, 5) is 10.8. The second-order valence-corrected chi connectivity index (χ2v) is 4.73. The first-order valence-electron chi connectivity index (χ1n) is 6.14. The third-order valence-electron chi connectivity index (χ3n) is 3.55. The molecule has 2 unspecified atom stereocenters. The van der Waals surface area contributed by atoms with Crippen molar-refractivity contribution in [2.75, 3.05) is 0 Å². The first-order valence-corrected chi connectivity index (χ1v) is 6.14. The molecule has 7 nitrogen and oxygen atoms in total. The van der Waals surface area contributed by atoms with Crippen LogP contribution < -0.4 is 0 Å². The molecule has 0 saturated carbocycles. The van der Waals surface area contributed by atoms with Crippen molar-refractivity contribution >= 4 is 11.7 Å². The van der Waals surface area contributed by atoms with Gasteiger partial charge in [0.15, 0.2) is 5.70 Å². The molecule has 2 aliphatic heterocycles. The van der Waals surface area contributed by atoms with Gasteiger partial charge >= 0.3 is 5.97 Å². The molecule has 1 fully saturated rings. The molecule has 20 heavy (non-hydrogen) atoms. The first kappa shape index (κ1) is 12.6. The minimum atomic E-state index is -0.597. The van der Waals surface area contributed by atoms with Crippen LogP contribution in [0.1, 0.15) is 43.1 Å². The fraction of sp³-hybridized carbons (Fsp3) is 0.385. The normalized spacial score (nSPS) is 23.5. The number of hydrogen-bond donors (Lipinski definition) is 2. The zero-order valence-corrected chi connectivity index (χ0v) is 10.7. The first-order chi connectivity index (χ1) is 9.54. The number of aromatic nitrogens is 1. The van der Waals surface area contributed by atoms with Crippen LogP contribution in [0.2, 0.25) is 0 Å². The van der Waals surface area contributed by atoms with Crippen molar-refractivity contribution < 1.29 is 24.5 Å². The van der Waals surface area contributed by atoms with Gasteiger partial charge in [0.05, 0.1) is 23.3 Å². The van der Waals surface area contributed by atoms with Gasteiger partial charge in [0.2, 0.25) is 11.8 Å². The molecule has 2 bridgehead atoms. The molecule has 1 saturated heterocycles. The van der Waals surface area contributed by atoms with E-state index in [0.717, 1.165) is 23.7 Å². The molecule has 0 spiro atoms. The van der Waals surface area contributed by atoms with Gasteiger partial charge in [-0.2, -0.15) is 5.26 Å². The average Bonchev–Trinajstić information content (AvgIpc) is 3.07. The summed E-state index contributed by atoms with van der Waals surface area (Å²) < 4.78 is 11.2. The van der Waals surface area contributed by atoms with E-state index in [9.17, 15) is 15.0 Å². The van der Waals surface area contributed by atoms with Crippen molar-refractivity contribution in [1.29, 1.82) is 5.26 Å². The maximum atomic E-state index is 10.8. The Balaban J connectivity index is 2.10. The summed E-state index contributed by atoms with van der Waals surface area (Å²) in [6, 6.07) is 1.78. The monoisotopic (exact) mass is 276 g/mol. The molecule has 2 aliphatic rings. The number of aromatic hydroxyl groups is 2. The predicted octanol–water partition coefficient (Wildman–Crippen LogP) is 1.69.